The lowest BCUT2D eigenvalue weighted by atomic mass is 9.96. The van der Waals surface area contributed by atoms with Crippen LogP contribution in [0.3, 0.4) is 0 Å². The highest BCUT2D eigenvalue weighted by atomic mass is 16.4. The molecule has 0 bridgehead atoms. The van der Waals surface area contributed by atoms with Gasteiger partial charge >= 0.3 is 5.97 Å². The van der Waals surface area contributed by atoms with Crippen LogP contribution in [-0.2, 0) is 97.6 Å². The number of nitrogens with zero attached hydrogens (tertiary/aromatic N) is 5. The zero-order valence-electron chi connectivity index (χ0n) is 65.6. The molecule has 42 heteroatoms. The van der Waals surface area contributed by atoms with E-state index in [1.54, 1.807) is 41.5 Å². The van der Waals surface area contributed by atoms with Crippen LogP contribution >= 0.6 is 0 Å². The Hall–Kier alpha value is -12.0. The topological polar surface area (TPSA) is 657 Å². The molecule has 0 radical (unpaired) electrons. The first-order valence-electron chi connectivity index (χ1n) is 38.4. The molecule has 632 valence electrons. The quantitative estimate of drug-likeness (QED) is 0.0169. The number of carbonyl (C=O) groups excluding carboxylic acids is 14. The number of hydrogen-bond acceptors (Lipinski definition) is 22. The third-order valence-electron chi connectivity index (χ3n) is 19.0. The lowest BCUT2D eigenvalue weighted by molar-refractivity contribution is -0.142. The van der Waals surface area contributed by atoms with Gasteiger partial charge in [0.05, 0.1) is 69.6 Å². The Kier molecular flexibility index (Phi) is 39.8. The van der Waals surface area contributed by atoms with Gasteiger partial charge in [0.1, 0.15) is 72.5 Å². The fourth-order valence-corrected chi connectivity index (χ4v) is 12.1. The van der Waals surface area contributed by atoms with E-state index in [1.807, 2.05) is 0 Å². The fraction of sp³-hybridized carbons (Fsp3) is 0.589. The van der Waals surface area contributed by atoms with E-state index >= 15 is 0 Å². The van der Waals surface area contributed by atoms with Gasteiger partial charge in [0, 0.05) is 79.7 Å². The summed E-state index contributed by atoms with van der Waals surface area (Å²) in [5.74, 6) is -17.3. The molecule has 5 aromatic rings. The normalized spacial score (nSPS) is 14.9. The first-order chi connectivity index (χ1) is 54.9. The molecule has 24 N–H and O–H groups in total. The Bertz CT molecular complexity index is 3920. The summed E-state index contributed by atoms with van der Waals surface area (Å²) >= 11 is 0. The molecule has 5 aromatic heterocycles. The van der Waals surface area contributed by atoms with E-state index in [4.69, 9.17) is 11.5 Å². The van der Waals surface area contributed by atoms with Crippen LogP contribution in [0.4, 0.5) is 0 Å². The number of carboxylic acids is 1. The number of rotatable bonds is 55. The summed E-state index contributed by atoms with van der Waals surface area (Å²) in [5.41, 5.74) is 12.2. The van der Waals surface area contributed by atoms with Crippen molar-refractivity contribution in [2.24, 2.45) is 29.2 Å². The van der Waals surface area contributed by atoms with Gasteiger partial charge in [-0.3, -0.25) is 71.9 Å². The highest BCUT2D eigenvalue weighted by Gasteiger charge is 2.40. The number of H-pyrrole nitrogens is 5. The van der Waals surface area contributed by atoms with Crippen LogP contribution in [0.2, 0.25) is 0 Å². The highest BCUT2D eigenvalue weighted by molar-refractivity contribution is 6.01. The van der Waals surface area contributed by atoms with Gasteiger partial charge in [0.25, 0.3) is 0 Å². The molecule has 0 aromatic carbocycles. The van der Waals surface area contributed by atoms with Crippen LogP contribution in [0.1, 0.15) is 179 Å². The van der Waals surface area contributed by atoms with E-state index < -0.39 is 225 Å². The molecule has 42 nitrogen and oxygen atoms in total. The number of carboxylic acid groups (broad SMARTS) is 1. The highest BCUT2D eigenvalue weighted by Crippen LogP contribution is 2.18. The average molecular weight is 1610 g/mol. The second kappa shape index (κ2) is 48.8. The maximum absolute atomic E-state index is 14.8. The lowest BCUT2D eigenvalue weighted by Gasteiger charge is -2.29. The number of nitrogens with two attached hydrogens (primary N) is 2. The van der Waals surface area contributed by atoms with Gasteiger partial charge in [0.15, 0.2) is 0 Å². The summed E-state index contributed by atoms with van der Waals surface area (Å²) in [7, 11) is 0. The molecular formula is C73H112N24O18. The van der Waals surface area contributed by atoms with Crippen molar-refractivity contribution in [2.75, 3.05) is 13.2 Å². The fourth-order valence-electron chi connectivity index (χ4n) is 12.1. The predicted octanol–water partition coefficient (Wildman–Crippen LogP) is -3.36. The van der Waals surface area contributed by atoms with Gasteiger partial charge < -0.3 is 116 Å². The molecule has 0 aliphatic rings. The number of aromatic amines is 5. The van der Waals surface area contributed by atoms with Crippen LogP contribution in [0.5, 0.6) is 0 Å². The van der Waals surface area contributed by atoms with Crippen molar-refractivity contribution in [1.82, 2.24) is 114 Å². The molecule has 5 rings (SSSR count). The summed E-state index contributed by atoms with van der Waals surface area (Å²) in [4.78, 5) is 242. The summed E-state index contributed by atoms with van der Waals surface area (Å²) in [6, 6.07) is -19.8. The van der Waals surface area contributed by atoms with E-state index in [0.717, 1.165) is 38.5 Å². The number of nitrogens with one attached hydrogen (secondary N) is 17. The third-order valence-corrected chi connectivity index (χ3v) is 19.0. The Balaban J connectivity index is 1.33. The first kappa shape index (κ1) is 93.6. The minimum Gasteiger partial charge on any atom is -0.481 e. The SMILES string of the molecule is CCCCCCCCCCCC(=O)N[C@H](C(=O)N[C@H](C(=O)N[C@@H](CO)C(=O)N[C@@H](CC(N)=O)C(=O)N[C@@H](Cc1cnc[nH]1)C(=O)N[C@@H](CO)C(=O)N[C@@H](Cc1cnc[nH]1)C(=O)N[C@@H](Cc1cnc[nH]1)C(=O)N[C@@H](Cc1cnc[nH]1)C(=O)N[C@@H](CC(=O)O)C(=O)N[C@H](C(=O)N[C@@H](CC(C)C)C(N)=O)C(C)CC)C(C)CC)c1cnc[nH]1. The van der Waals surface area contributed by atoms with Crippen molar-refractivity contribution >= 4 is 88.7 Å². The molecule has 0 saturated carbocycles. The van der Waals surface area contributed by atoms with Crippen molar-refractivity contribution in [1.29, 1.82) is 0 Å². The third kappa shape index (κ3) is 32.2. The molecule has 14 atom stereocenters. The van der Waals surface area contributed by atoms with E-state index in [2.05, 4.69) is 121 Å². The predicted molar refractivity (Wildman–Crippen MR) is 410 cm³/mol. The minimum atomic E-state index is -1.96. The van der Waals surface area contributed by atoms with Gasteiger partial charge in [0.2, 0.25) is 82.7 Å². The van der Waals surface area contributed by atoms with Crippen LogP contribution in [0.15, 0.2) is 62.6 Å². The monoisotopic (exact) mass is 1610 g/mol. The molecule has 0 saturated heterocycles. The second-order valence-electron chi connectivity index (χ2n) is 28.7. The zero-order chi connectivity index (χ0) is 84.7. The Morgan fingerprint density at radius 1 is 0.374 bits per heavy atom. The number of amides is 14. The zero-order valence-corrected chi connectivity index (χ0v) is 65.6. The molecular weight excluding hydrogens is 1500 g/mol. The maximum atomic E-state index is 14.8. The molecule has 115 heavy (non-hydrogen) atoms. The van der Waals surface area contributed by atoms with Gasteiger partial charge in [-0.25, -0.2) is 24.9 Å². The first-order valence-corrected chi connectivity index (χ1v) is 38.4. The van der Waals surface area contributed by atoms with E-state index in [0.29, 0.717) is 19.3 Å². The number of primary amides is 2. The van der Waals surface area contributed by atoms with Gasteiger partial charge in [-0.15, -0.1) is 0 Å². The maximum Gasteiger partial charge on any atom is 0.305 e. The second-order valence-corrected chi connectivity index (χ2v) is 28.7. The standard InChI is InChI=1S/C73H112N24O18/c1-8-11-12-13-14-15-16-17-18-19-57(101)95-61(53-31-80-38-85-53)73(115)97-60(41(7)10-3)72(114)94-55(33-99)70(112)91-51(25-56(74)100)67(109)89-50(24-45-30-79-37-84-45)66(108)93-54(32-98)69(111)90-49(23-44-29-78-36-83-44)64(106)87-47(21-42-27-76-34-81-42)63(105)88-48(22-43-28-77-35-82-43)65(107)92-52(26-58(102)103)68(110)96-59(40(6)9-2)71(113)86-46(62(75)104)20-39(4)5/h27-31,34-41,46-52,54-55,59-61,98-99H,8-26,32-33H2,1-7H3,(H2,74,100)(H2,75,104)(H,76,81)(H,77,82)(H,78,83)(H,79,84)(H,80,85)(H,86,113)(H,87,106)(H,88,105)(H,89,109)(H,90,111)(H,91,112)(H,92,107)(H,93,108)(H,94,114)(H,95,101)(H,96,110)(H,97,115)(H,102,103)/t40?,41?,46-,47-,48-,49-,50-,51-,52-,54-,55-,59-,60-,61-/m0/s1. The number of aliphatic carboxylic acids is 1. The number of imidazole rings is 5. The van der Waals surface area contributed by atoms with Crippen LogP contribution in [0, 0.1) is 17.8 Å². The molecule has 5 heterocycles. The molecule has 14 amide bonds. The molecule has 0 aliphatic carbocycles. The number of aliphatic hydroxyl groups excluding tert-OH is 2. The number of hydrogen-bond donors (Lipinski definition) is 22. The van der Waals surface area contributed by atoms with Crippen molar-refractivity contribution in [2.45, 2.75) is 243 Å². The van der Waals surface area contributed by atoms with Crippen molar-refractivity contribution in [3.8, 4) is 0 Å². The van der Waals surface area contributed by atoms with E-state index in [-0.39, 0.29) is 47.2 Å². The van der Waals surface area contributed by atoms with Crippen LogP contribution < -0.4 is 75.3 Å². The number of carbonyl (C=O) groups is 15. The van der Waals surface area contributed by atoms with Gasteiger partial charge in [-0.1, -0.05) is 113 Å². The largest absolute Gasteiger partial charge is 0.481 e. The van der Waals surface area contributed by atoms with Crippen molar-refractivity contribution in [3.05, 3.63) is 91.1 Å². The van der Waals surface area contributed by atoms with Crippen LogP contribution in [-0.4, -0.2) is 234 Å². The summed E-state index contributed by atoms with van der Waals surface area (Å²) in [6.45, 7) is 10.1. The Morgan fingerprint density at radius 3 is 1.03 bits per heavy atom. The van der Waals surface area contributed by atoms with Crippen molar-refractivity contribution in [3.63, 3.8) is 0 Å². The average Bonchev–Trinajstić information content (AvgIpc) is 1.56. The van der Waals surface area contributed by atoms with Gasteiger partial charge in [-0.05, 0) is 30.6 Å². The molecule has 0 aliphatic heterocycles. The Morgan fingerprint density at radius 2 is 0.696 bits per heavy atom. The lowest BCUT2D eigenvalue weighted by Crippen LogP contribution is -2.62. The summed E-state index contributed by atoms with van der Waals surface area (Å²) in [5, 5.41) is 61.1. The van der Waals surface area contributed by atoms with Crippen LogP contribution in [0.25, 0.3) is 0 Å². The van der Waals surface area contributed by atoms with Crippen molar-refractivity contribution < 1.29 is 87.2 Å². The molecule has 0 spiro atoms. The molecule has 0 fully saturated rings. The summed E-state index contributed by atoms with van der Waals surface area (Å²) in [6.07, 6.45) is 19.2. The van der Waals surface area contributed by atoms with E-state index in [1.165, 1.54) is 75.5 Å². The van der Waals surface area contributed by atoms with E-state index in [9.17, 15) is 87.2 Å². The minimum absolute atomic E-state index is 0.0916. The summed E-state index contributed by atoms with van der Waals surface area (Å²) < 4.78 is 0. The number of unbranched alkanes of at least 4 members (excludes halogenated alkanes) is 8. The molecule has 2 unspecified atom stereocenters. The Labute approximate surface area is 663 Å². The smallest absolute Gasteiger partial charge is 0.305 e. The number of aromatic nitrogens is 10. The number of aliphatic hydroxyl groups is 2. The van der Waals surface area contributed by atoms with Gasteiger partial charge in [-0.2, -0.15) is 0 Å².